The van der Waals surface area contributed by atoms with E-state index in [2.05, 4.69) is 24.8 Å². The van der Waals surface area contributed by atoms with Crippen LogP contribution in [-0.4, -0.2) is 31.1 Å². The van der Waals surface area contributed by atoms with Gasteiger partial charge in [-0.05, 0) is 24.8 Å². The lowest BCUT2D eigenvalue weighted by Crippen LogP contribution is -2.40. The quantitative estimate of drug-likeness (QED) is 0.672. The van der Waals surface area contributed by atoms with Crippen LogP contribution in [0.5, 0.6) is 0 Å². The Morgan fingerprint density at radius 2 is 2.15 bits per heavy atom. The van der Waals surface area contributed by atoms with E-state index in [0.717, 1.165) is 6.54 Å². The molecule has 1 rings (SSSR count). The van der Waals surface area contributed by atoms with E-state index in [1.54, 1.807) is 0 Å². The molecule has 0 aromatic carbocycles. The highest BCUT2D eigenvalue weighted by Crippen LogP contribution is 2.27. The zero-order valence-corrected chi connectivity index (χ0v) is 8.92. The summed E-state index contributed by atoms with van der Waals surface area (Å²) in [7, 11) is 0. The third-order valence-corrected chi connectivity index (χ3v) is 2.65. The summed E-state index contributed by atoms with van der Waals surface area (Å²) in [5.41, 5.74) is 5.90. The van der Waals surface area contributed by atoms with E-state index in [-0.39, 0.29) is 0 Å². The van der Waals surface area contributed by atoms with Crippen molar-refractivity contribution in [3.8, 4) is 0 Å². The van der Waals surface area contributed by atoms with Crippen molar-refractivity contribution in [1.29, 1.82) is 0 Å². The monoisotopic (exact) mass is 182 g/mol. The van der Waals surface area contributed by atoms with Crippen LogP contribution in [-0.2, 0) is 0 Å². The summed E-state index contributed by atoms with van der Waals surface area (Å²) in [4.78, 5) is 2.51. The number of rotatable bonds is 3. The summed E-state index contributed by atoms with van der Waals surface area (Å²) in [6.45, 7) is 8.91. The molecule has 0 amide bonds. The van der Waals surface area contributed by atoms with Crippen LogP contribution in [0.2, 0.25) is 0 Å². The van der Waals surface area contributed by atoms with E-state index < -0.39 is 0 Å². The first kappa shape index (κ1) is 10.7. The Morgan fingerprint density at radius 3 is 2.77 bits per heavy atom. The SMILES string of the molecule is CC1(C)CCCN(CC=CCN)C1. The molecule has 76 valence electrons. The van der Waals surface area contributed by atoms with Crippen LogP contribution in [0.4, 0.5) is 0 Å². The highest BCUT2D eigenvalue weighted by Gasteiger charge is 2.25. The van der Waals surface area contributed by atoms with Crippen LogP contribution in [0.15, 0.2) is 12.2 Å². The van der Waals surface area contributed by atoms with Gasteiger partial charge >= 0.3 is 0 Å². The summed E-state index contributed by atoms with van der Waals surface area (Å²) in [6, 6.07) is 0. The summed E-state index contributed by atoms with van der Waals surface area (Å²) < 4.78 is 0. The second-order valence-electron chi connectivity index (χ2n) is 4.71. The number of piperidine rings is 1. The fourth-order valence-corrected chi connectivity index (χ4v) is 2.02. The van der Waals surface area contributed by atoms with Crippen molar-refractivity contribution in [3.05, 3.63) is 12.2 Å². The van der Waals surface area contributed by atoms with Gasteiger partial charge in [-0.3, -0.25) is 4.90 Å². The van der Waals surface area contributed by atoms with Gasteiger partial charge < -0.3 is 5.73 Å². The predicted molar refractivity (Wildman–Crippen MR) is 57.6 cm³/mol. The largest absolute Gasteiger partial charge is 0.327 e. The van der Waals surface area contributed by atoms with E-state index in [4.69, 9.17) is 5.73 Å². The van der Waals surface area contributed by atoms with Crippen molar-refractivity contribution in [1.82, 2.24) is 4.90 Å². The maximum absolute atomic E-state index is 5.39. The summed E-state index contributed by atoms with van der Waals surface area (Å²) in [5.74, 6) is 0. The minimum Gasteiger partial charge on any atom is -0.327 e. The highest BCUT2D eigenvalue weighted by atomic mass is 15.1. The molecule has 1 aliphatic heterocycles. The lowest BCUT2D eigenvalue weighted by molar-refractivity contribution is 0.129. The summed E-state index contributed by atoms with van der Waals surface area (Å²) in [5, 5.41) is 0. The second kappa shape index (κ2) is 4.77. The number of hydrogen-bond donors (Lipinski definition) is 1. The van der Waals surface area contributed by atoms with Crippen LogP contribution in [0.1, 0.15) is 26.7 Å². The number of nitrogens with zero attached hydrogens (tertiary/aromatic N) is 1. The van der Waals surface area contributed by atoms with Crippen molar-refractivity contribution in [3.63, 3.8) is 0 Å². The van der Waals surface area contributed by atoms with Crippen molar-refractivity contribution >= 4 is 0 Å². The maximum atomic E-state index is 5.39. The van der Waals surface area contributed by atoms with Gasteiger partial charge in [-0.2, -0.15) is 0 Å². The molecule has 0 saturated carbocycles. The smallest absolute Gasteiger partial charge is 0.0163 e. The van der Waals surface area contributed by atoms with Crippen molar-refractivity contribution in [2.75, 3.05) is 26.2 Å². The van der Waals surface area contributed by atoms with Gasteiger partial charge in [-0.1, -0.05) is 26.0 Å². The first-order chi connectivity index (χ1) is 6.14. The molecular weight excluding hydrogens is 160 g/mol. The Bertz CT molecular complexity index is 173. The Kier molecular flexibility index (Phi) is 3.94. The van der Waals surface area contributed by atoms with Crippen molar-refractivity contribution < 1.29 is 0 Å². The molecule has 13 heavy (non-hydrogen) atoms. The molecule has 2 nitrogen and oxygen atoms in total. The molecule has 0 bridgehead atoms. The van der Waals surface area contributed by atoms with Crippen molar-refractivity contribution in [2.24, 2.45) is 11.1 Å². The van der Waals surface area contributed by atoms with Crippen LogP contribution in [0, 0.1) is 5.41 Å². The van der Waals surface area contributed by atoms with E-state index in [1.807, 2.05) is 6.08 Å². The Morgan fingerprint density at radius 1 is 1.38 bits per heavy atom. The van der Waals surface area contributed by atoms with Crippen LogP contribution < -0.4 is 5.73 Å². The molecule has 1 saturated heterocycles. The van der Waals surface area contributed by atoms with Gasteiger partial charge in [-0.15, -0.1) is 0 Å². The van der Waals surface area contributed by atoms with Crippen molar-refractivity contribution in [2.45, 2.75) is 26.7 Å². The van der Waals surface area contributed by atoms with Gasteiger partial charge in [0.1, 0.15) is 0 Å². The zero-order valence-electron chi connectivity index (χ0n) is 8.92. The number of nitrogens with two attached hydrogens (primary N) is 1. The number of likely N-dealkylation sites (tertiary alicyclic amines) is 1. The lowest BCUT2D eigenvalue weighted by atomic mass is 9.84. The minimum absolute atomic E-state index is 0.509. The molecule has 2 N–H and O–H groups in total. The second-order valence-corrected chi connectivity index (χ2v) is 4.71. The normalized spacial score (nSPS) is 23.9. The van der Waals surface area contributed by atoms with E-state index in [1.165, 1.54) is 25.9 Å². The first-order valence-corrected chi connectivity index (χ1v) is 5.21. The van der Waals surface area contributed by atoms with Crippen LogP contribution in [0.3, 0.4) is 0 Å². The minimum atomic E-state index is 0.509. The molecule has 1 aliphatic rings. The molecule has 0 unspecified atom stereocenters. The van der Waals surface area contributed by atoms with Gasteiger partial charge in [0.15, 0.2) is 0 Å². The third kappa shape index (κ3) is 3.92. The Labute approximate surface area is 81.8 Å². The molecule has 1 heterocycles. The van der Waals surface area contributed by atoms with Gasteiger partial charge in [-0.25, -0.2) is 0 Å². The zero-order chi connectivity index (χ0) is 9.73. The van der Waals surface area contributed by atoms with E-state index in [0.29, 0.717) is 12.0 Å². The molecule has 0 aromatic heterocycles. The third-order valence-electron chi connectivity index (χ3n) is 2.65. The molecule has 0 spiro atoms. The van der Waals surface area contributed by atoms with Gasteiger partial charge in [0.05, 0.1) is 0 Å². The molecule has 2 heteroatoms. The molecular formula is C11H22N2. The van der Waals surface area contributed by atoms with Gasteiger partial charge in [0, 0.05) is 19.6 Å². The molecule has 0 aliphatic carbocycles. The summed E-state index contributed by atoms with van der Waals surface area (Å²) >= 11 is 0. The first-order valence-electron chi connectivity index (χ1n) is 5.21. The van der Waals surface area contributed by atoms with Gasteiger partial charge in [0.25, 0.3) is 0 Å². The van der Waals surface area contributed by atoms with E-state index in [9.17, 15) is 0 Å². The Hall–Kier alpha value is -0.340. The fraction of sp³-hybridized carbons (Fsp3) is 0.818. The fourth-order valence-electron chi connectivity index (χ4n) is 2.02. The molecule has 1 fully saturated rings. The van der Waals surface area contributed by atoms with E-state index >= 15 is 0 Å². The number of hydrogen-bond acceptors (Lipinski definition) is 2. The maximum Gasteiger partial charge on any atom is 0.0163 e. The highest BCUT2D eigenvalue weighted by molar-refractivity contribution is 4.88. The topological polar surface area (TPSA) is 29.3 Å². The predicted octanol–water partition coefficient (Wildman–Crippen LogP) is 1.62. The standard InChI is InChI=1S/C11H22N2/c1-11(2)6-5-9-13(10-11)8-4-3-7-12/h3-4H,5-10,12H2,1-2H3. The van der Waals surface area contributed by atoms with Crippen LogP contribution >= 0.6 is 0 Å². The molecule has 0 atom stereocenters. The average molecular weight is 182 g/mol. The Balaban J connectivity index is 2.30. The van der Waals surface area contributed by atoms with Crippen LogP contribution in [0.25, 0.3) is 0 Å². The molecule has 0 radical (unpaired) electrons. The lowest BCUT2D eigenvalue weighted by Gasteiger charge is -2.37. The average Bonchev–Trinajstić information content (AvgIpc) is 2.03. The molecule has 0 aromatic rings. The summed E-state index contributed by atoms with van der Waals surface area (Å²) in [6.07, 6.45) is 6.93. The van der Waals surface area contributed by atoms with Gasteiger partial charge in [0.2, 0.25) is 0 Å².